The lowest BCUT2D eigenvalue weighted by Gasteiger charge is -2.06. The molecule has 1 aromatic carbocycles. The molecule has 0 spiro atoms. The molecule has 1 rings (SSSR count). The highest BCUT2D eigenvalue weighted by atomic mass is 19.4. The summed E-state index contributed by atoms with van der Waals surface area (Å²) in [5.41, 5.74) is 0. The third kappa shape index (κ3) is 6.44. The molecule has 1 N–H and O–H groups in total. The first-order valence-corrected chi connectivity index (χ1v) is 3.97. The molecule has 0 unspecified atom stereocenters. The van der Waals surface area contributed by atoms with Crippen LogP contribution in [0.2, 0.25) is 0 Å². The predicted molar refractivity (Wildman–Crippen MR) is 45.2 cm³/mol. The summed E-state index contributed by atoms with van der Waals surface area (Å²) in [6.45, 7) is 0. The quantitative estimate of drug-likeness (QED) is 0.728. The van der Waals surface area contributed by atoms with Gasteiger partial charge in [-0.25, -0.2) is 0 Å². The van der Waals surface area contributed by atoms with E-state index in [0.717, 1.165) is 0 Å². The summed E-state index contributed by atoms with van der Waals surface area (Å²) in [5, 5.41) is 8.63. The predicted octanol–water partition coefficient (Wildman–Crippen LogP) is 3.07. The van der Waals surface area contributed by atoms with Gasteiger partial charge >= 0.3 is 18.1 Å². The lowest BCUT2D eigenvalue weighted by Crippen LogP contribution is -2.36. The Hall–Kier alpha value is -1.73. The van der Waals surface area contributed by atoms with Crippen molar-refractivity contribution in [1.82, 2.24) is 0 Å². The molecule has 2 nitrogen and oxygen atoms in total. The normalized spacial score (nSPS) is 11.4. The molecular formula is C9H6F6O2. The van der Waals surface area contributed by atoms with Crippen LogP contribution < -0.4 is 0 Å². The number of hydrogen-bond donors (Lipinski definition) is 1. The van der Waals surface area contributed by atoms with Gasteiger partial charge in [0.1, 0.15) is 5.75 Å². The van der Waals surface area contributed by atoms with E-state index in [9.17, 15) is 31.1 Å². The average Bonchev–Trinajstić information content (AvgIpc) is 2.16. The van der Waals surface area contributed by atoms with Crippen LogP contribution in [0.4, 0.5) is 26.3 Å². The van der Waals surface area contributed by atoms with Crippen molar-refractivity contribution in [3.63, 3.8) is 0 Å². The largest absolute Gasteiger partial charge is 0.508 e. The maximum atomic E-state index is 10.9. The molecule has 96 valence electrons. The molecule has 0 aliphatic rings. The van der Waals surface area contributed by atoms with Gasteiger partial charge in [0.25, 0.3) is 0 Å². The van der Waals surface area contributed by atoms with E-state index in [0.29, 0.717) is 5.75 Å². The van der Waals surface area contributed by atoms with Gasteiger partial charge in [-0.2, -0.15) is 26.3 Å². The van der Waals surface area contributed by atoms with E-state index in [1.54, 1.807) is 24.3 Å². The molecule has 17 heavy (non-hydrogen) atoms. The Morgan fingerprint density at radius 3 is 1.35 bits per heavy atom. The molecule has 0 heterocycles. The highest BCUT2D eigenvalue weighted by Crippen LogP contribution is 2.28. The van der Waals surface area contributed by atoms with Crippen molar-refractivity contribution in [1.29, 1.82) is 0 Å². The summed E-state index contributed by atoms with van der Waals surface area (Å²) >= 11 is 0. The van der Waals surface area contributed by atoms with E-state index in [1.165, 1.54) is 0 Å². The van der Waals surface area contributed by atoms with Gasteiger partial charge in [0, 0.05) is 0 Å². The van der Waals surface area contributed by atoms with Gasteiger partial charge in [0.05, 0.1) is 0 Å². The van der Waals surface area contributed by atoms with E-state index in [-0.39, 0.29) is 0 Å². The van der Waals surface area contributed by atoms with Crippen molar-refractivity contribution >= 4 is 5.78 Å². The minimum absolute atomic E-state index is 0.322. The number of rotatable bonds is 0. The molecule has 0 saturated carbocycles. The highest BCUT2D eigenvalue weighted by molar-refractivity contribution is 5.89. The zero-order valence-electron chi connectivity index (χ0n) is 8.01. The number of Topliss-reactive ketones (excluding diaryl/α,β-unsaturated/α-hetero) is 1. The fourth-order valence-electron chi connectivity index (χ4n) is 0.589. The fraction of sp³-hybridized carbons (Fsp3) is 0.222. The van der Waals surface area contributed by atoms with Crippen LogP contribution in [0.3, 0.4) is 0 Å². The van der Waals surface area contributed by atoms with Crippen LogP contribution >= 0.6 is 0 Å². The summed E-state index contributed by atoms with van der Waals surface area (Å²) in [7, 11) is 0. The van der Waals surface area contributed by atoms with E-state index in [4.69, 9.17) is 5.11 Å². The number of phenols is 1. The molecule has 0 aromatic heterocycles. The van der Waals surface area contributed by atoms with Crippen LogP contribution in [-0.4, -0.2) is 23.2 Å². The lowest BCUT2D eigenvalue weighted by atomic mass is 10.3. The topological polar surface area (TPSA) is 37.3 Å². The van der Waals surface area contributed by atoms with Crippen molar-refractivity contribution in [3.8, 4) is 5.75 Å². The molecule has 0 aliphatic heterocycles. The Morgan fingerprint density at radius 1 is 0.882 bits per heavy atom. The van der Waals surface area contributed by atoms with Gasteiger partial charge in [-0.1, -0.05) is 18.2 Å². The number of phenolic OH excluding ortho intramolecular Hbond substituents is 1. The van der Waals surface area contributed by atoms with Crippen LogP contribution in [0.25, 0.3) is 0 Å². The Labute approximate surface area is 91.5 Å². The zero-order valence-corrected chi connectivity index (χ0v) is 8.01. The van der Waals surface area contributed by atoms with Gasteiger partial charge in [-0.05, 0) is 12.1 Å². The number of ketones is 1. The molecule has 0 bridgehead atoms. The first-order valence-electron chi connectivity index (χ1n) is 3.97. The van der Waals surface area contributed by atoms with E-state index < -0.39 is 18.1 Å². The first-order chi connectivity index (χ1) is 7.55. The molecule has 8 heteroatoms. The van der Waals surface area contributed by atoms with Gasteiger partial charge in [-0.3, -0.25) is 4.79 Å². The minimum Gasteiger partial charge on any atom is -0.508 e. The van der Waals surface area contributed by atoms with Crippen LogP contribution in [0.1, 0.15) is 0 Å². The Morgan fingerprint density at radius 2 is 1.24 bits per heavy atom. The summed E-state index contributed by atoms with van der Waals surface area (Å²) < 4.78 is 65.3. The molecule has 0 radical (unpaired) electrons. The van der Waals surface area contributed by atoms with Gasteiger partial charge in [-0.15, -0.1) is 0 Å². The maximum absolute atomic E-state index is 10.9. The molecule has 0 aliphatic carbocycles. The van der Waals surface area contributed by atoms with Crippen LogP contribution in [-0.2, 0) is 4.79 Å². The van der Waals surface area contributed by atoms with Crippen molar-refractivity contribution < 1.29 is 36.2 Å². The van der Waals surface area contributed by atoms with Crippen molar-refractivity contribution in [2.75, 3.05) is 0 Å². The molecule has 0 saturated heterocycles. The van der Waals surface area contributed by atoms with Gasteiger partial charge in [0.2, 0.25) is 0 Å². The third-order valence-corrected chi connectivity index (χ3v) is 1.27. The van der Waals surface area contributed by atoms with E-state index in [2.05, 4.69) is 0 Å². The number of alkyl halides is 6. The monoisotopic (exact) mass is 260 g/mol. The standard InChI is InChI=1S/C6H6O.C3F6O/c7-6-4-2-1-3-5-6;4-2(5,6)1(10)3(7,8)9/h1-5,7H;. The van der Waals surface area contributed by atoms with E-state index in [1.807, 2.05) is 6.07 Å². The molecular weight excluding hydrogens is 254 g/mol. The van der Waals surface area contributed by atoms with Crippen molar-refractivity contribution in [3.05, 3.63) is 30.3 Å². The minimum atomic E-state index is -5.82. The number of halogens is 6. The summed E-state index contributed by atoms with van der Waals surface area (Å²) in [4.78, 5) is 9.24. The zero-order chi connectivity index (χ0) is 13.7. The smallest absolute Gasteiger partial charge is 0.459 e. The second kappa shape index (κ2) is 5.55. The van der Waals surface area contributed by atoms with E-state index >= 15 is 0 Å². The summed E-state index contributed by atoms with van der Waals surface area (Å²) in [6.07, 6.45) is -11.6. The van der Waals surface area contributed by atoms with Crippen LogP contribution in [0.5, 0.6) is 5.75 Å². The average molecular weight is 260 g/mol. The first kappa shape index (κ1) is 15.3. The summed E-state index contributed by atoms with van der Waals surface area (Å²) in [5.74, 6) is -3.36. The van der Waals surface area contributed by atoms with Crippen molar-refractivity contribution in [2.45, 2.75) is 12.4 Å². The second-order valence-corrected chi connectivity index (χ2v) is 2.66. The van der Waals surface area contributed by atoms with Crippen LogP contribution in [0, 0.1) is 0 Å². The molecule has 0 amide bonds. The Kier molecular flexibility index (Phi) is 4.99. The third-order valence-electron chi connectivity index (χ3n) is 1.27. The number of carbonyl (C=O) groups excluding carboxylic acids is 1. The maximum Gasteiger partial charge on any atom is 0.459 e. The number of para-hydroxylation sites is 1. The Bertz CT molecular complexity index is 338. The number of aromatic hydroxyl groups is 1. The fourth-order valence-corrected chi connectivity index (χ4v) is 0.589. The number of benzene rings is 1. The number of carbonyl (C=O) groups is 1. The lowest BCUT2D eigenvalue weighted by molar-refractivity contribution is -0.217. The number of hydrogen-bond acceptors (Lipinski definition) is 2. The molecule has 1 aromatic rings. The Balaban J connectivity index is 0.000000318. The van der Waals surface area contributed by atoms with Gasteiger partial charge in [0.15, 0.2) is 0 Å². The molecule has 0 fully saturated rings. The van der Waals surface area contributed by atoms with Crippen molar-refractivity contribution in [2.24, 2.45) is 0 Å². The summed E-state index contributed by atoms with van der Waals surface area (Å²) in [6, 6.07) is 8.71. The second-order valence-electron chi connectivity index (χ2n) is 2.66. The highest BCUT2D eigenvalue weighted by Gasteiger charge is 2.55. The SMILES string of the molecule is O=C(C(F)(F)F)C(F)(F)F.Oc1ccccc1. The van der Waals surface area contributed by atoms with Gasteiger partial charge < -0.3 is 5.11 Å². The molecule has 0 atom stereocenters. The van der Waals surface area contributed by atoms with Crippen LogP contribution in [0.15, 0.2) is 30.3 Å².